The second kappa shape index (κ2) is 5.84. The molecule has 0 radical (unpaired) electrons. The molecule has 1 heterocycles. The molecule has 96 valence electrons. The normalized spacial score (nSPS) is 10.6. The zero-order valence-corrected chi connectivity index (χ0v) is 11.1. The lowest BCUT2D eigenvalue weighted by Gasteiger charge is -2.03. The maximum absolute atomic E-state index is 11.6. The van der Waals surface area contributed by atoms with Crippen molar-refractivity contribution in [2.75, 3.05) is 20.5 Å². The van der Waals surface area contributed by atoms with E-state index in [1.807, 2.05) is 24.3 Å². The largest absolute Gasteiger partial charge is 0.468 e. The third kappa shape index (κ3) is 2.80. The molecule has 0 unspecified atom stereocenters. The Morgan fingerprint density at radius 2 is 2.17 bits per heavy atom. The lowest BCUT2D eigenvalue weighted by Crippen LogP contribution is -2.01. The average Bonchev–Trinajstić information content (AvgIpc) is 2.79. The minimum Gasteiger partial charge on any atom is -0.468 e. The van der Waals surface area contributed by atoms with Crippen LogP contribution < -0.4 is 4.74 Å². The molecule has 0 N–H and O–H groups in total. The number of hydrogen-bond acceptors (Lipinski definition) is 5. The summed E-state index contributed by atoms with van der Waals surface area (Å²) in [5.74, 6) is 0.440. The lowest BCUT2D eigenvalue weighted by atomic mass is 10.2. The number of methoxy groups -OCH3 is 1. The molecule has 0 bridgehead atoms. The molecule has 0 aliphatic rings. The van der Waals surface area contributed by atoms with E-state index in [2.05, 4.69) is 0 Å². The van der Waals surface area contributed by atoms with Crippen molar-refractivity contribution < 1.29 is 19.0 Å². The Labute approximate surface area is 109 Å². The molecule has 0 atom stereocenters. The van der Waals surface area contributed by atoms with E-state index in [4.69, 9.17) is 14.2 Å². The van der Waals surface area contributed by atoms with Gasteiger partial charge in [-0.2, -0.15) is 0 Å². The number of carbonyl (C=O) groups is 1. The van der Waals surface area contributed by atoms with E-state index < -0.39 is 0 Å². The molecule has 5 heteroatoms. The molecule has 0 fully saturated rings. The topological polar surface area (TPSA) is 44.8 Å². The SMILES string of the molecule is CCOC(=O)c1cc2cc(OCOC)ccc2s1. The highest BCUT2D eigenvalue weighted by Gasteiger charge is 2.11. The molecule has 0 saturated heterocycles. The Morgan fingerprint density at radius 1 is 1.33 bits per heavy atom. The first-order valence-electron chi connectivity index (χ1n) is 5.57. The van der Waals surface area contributed by atoms with E-state index in [-0.39, 0.29) is 12.8 Å². The third-order valence-corrected chi connectivity index (χ3v) is 3.40. The second-order valence-electron chi connectivity index (χ2n) is 3.58. The molecule has 0 saturated carbocycles. The van der Waals surface area contributed by atoms with Crippen LogP contribution in [0.1, 0.15) is 16.6 Å². The fourth-order valence-electron chi connectivity index (χ4n) is 1.54. The summed E-state index contributed by atoms with van der Waals surface area (Å²) in [6, 6.07) is 7.48. The van der Waals surface area contributed by atoms with Crippen LogP contribution >= 0.6 is 11.3 Å². The highest BCUT2D eigenvalue weighted by molar-refractivity contribution is 7.20. The predicted molar refractivity (Wildman–Crippen MR) is 70.3 cm³/mol. The van der Waals surface area contributed by atoms with Crippen molar-refractivity contribution >= 4 is 27.4 Å². The van der Waals surface area contributed by atoms with Gasteiger partial charge in [0, 0.05) is 11.8 Å². The summed E-state index contributed by atoms with van der Waals surface area (Å²) in [6.45, 7) is 2.39. The Kier molecular flexibility index (Phi) is 4.17. The van der Waals surface area contributed by atoms with Crippen molar-refractivity contribution in [3.63, 3.8) is 0 Å². The summed E-state index contributed by atoms with van der Waals surface area (Å²) in [5.41, 5.74) is 0. The van der Waals surface area contributed by atoms with Gasteiger partial charge in [-0.1, -0.05) is 0 Å². The first kappa shape index (κ1) is 12.9. The summed E-state index contributed by atoms with van der Waals surface area (Å²) in [6.07, 6.45) is 0. The van der Waals surface area contributed by atoms with Gasteiger partial charge in [0.2, 0.25) is 0 Å². The summed E-state index contributed by atoms with van der Waals surface area (Å²) in [7, 11) is 1.57. The number of benzene rings is 1. The first-order chi connectivity index (χ1) is 8.74. The van der Waals surface area contributed by atoms with Crippen LogP contribution in [0.4, 0.5) is 0 Å². The number of ether oxygens (including phenoxy) is 3. The van der Waals surface area contributed by atoms with Crippen molar-refractivity contribution in [3.8, 4) is 5.75 Å². The van der Waals surface area contributed by atoms with Gasteiger partial charge in [-0.05, 0) is 36.6 Å². The number of esters is 1. The predicted octanol–water partition coefficient (Wildman–Crippen LogP) is 3.06. The Morgan fingerprint density at radius 3 is 2.89 bits per heavy atom. The van der Waals surface area contributed by atoms with E-state index >= 15 is 0 Å². The molecule has 18 heavy (non-hydrogen) atoms. The monoisotopic (exact) mass is 266 g/mol. The molecule has 0 aliphatic carbocycles. The van der Waals surface area contributed by atoms with Crippen molar-refractivity contribution in [1.82, 2.24) is 0 Å². The second-order valence-corrected chi connectivity index (χ2v) is 4.67. The van der Waals surface area contributed by atoms with Gasteiger partial charge >= 0.3 is 5.97 Å². The van der Waals surface area contributed by atoms with Crippen LogP contribution in [0.25, 0.3) is 10.1 Å². The molecule has 2 aromatic rings. The number of thiophene rings is 1. The molecule has 1 aromatic carbocycles. The van der Waals surface area contributed by atoms with Crippen LogP contribution in [0.15, 0.2) is 24.3 Å². The molecule has 4 nitrogen and oxygen atoms in total. The summed E-state index contributed by atoms with van der Waals surface area (Å²) < 4.78 is 16.2. The molecule has 0 amide bonds. The van der Waals surface area contributed by atoms with E-state index in [9.17, 15) is 4.79 Å². The van der Waals surface area contributed by atoms with Gasteiger partial charge in [-0.25, -0.2) is 4.79 Å². The van der Waals surface area contributed by atoms with Crippen LogP contribution in [0.2, 0.25) is 0 Å². The van der Waals surface area contributed by atoms with Gasteiger partial charge < -0.3 is 14.2 Å². The zero-order valence-electron chi connectivity index (χ0n) is 10.3. The molecule has 0 spiro atoms. The summed E-state index contributed by atoms with van der Waals surface area (Å²) >= 11 is 1.42. The number of fused-ring (bicyclic) bond motifs is 1. The van der Waals surface area contributed by atoms with Crippen LogP contribution in [0, 0.1) is 0 Å². The van der Waals surface area contributed by atoms with Gasteiger partial charge in [-0.3, -0.25) is 0 Å². The highest BCUT2D eigenvalue weighted by Crippen LogP contribution is 2.29. The summed E-state index contributed by atoms with van der Waals surface area (Å²) in [4.78, 5) is 12.2. The Bertz CT molecular complexity index is 547. The first-order valence-corrected chi connectivity index (χ1v) is 6.38. The van der Waals surface area contributed by atoms with Crippen LogP contribution in [0.5, 0.6) is 5.75 Å². The van der Waals surface area contributed by atoms with Crippen LogP contribution in [-0.4, -0.2) is 26.5 Å². The van der Waals surface area contributed by atoms with E-state index in [1.165, 1.54) is 11.3 Å². The van der Waals surface area contributed by atoms with E-state index in [0.717, 1.165) is 15.8 Å². The molecular formula is C13H14O4S. The van der Waals surface area contributed by atoms with E-state index in [0.29, 0.717) is 11.5 Å². The minimum absolute atomic E-state index is 0.209. The number of hydrogen-bond donors (Lipinski definition) is 0. The van der Waals surface area contributed by atoms with Crippen LogP contribution in [0.3, 0.4) is 0 Å². The van der Waals surface area contributed by atoms with Gasteiger partial charge in [0.15, 0.2) is 6.79 Å². The van der Waals surface area contributed by atoms with Crippen molar-refractivity contribution in [1.29, 1.82) is 0 Å². The minimum atomic E-state index is -0.280. The Balaban J connectivity index is 2.25. The third-order valence-electron chi connectivity index (χ3n) is 2.31. The van der Waals surface area contributed by atoms with Gasteiger partial charge in [-0.15, -0.1) is 11.3 Å². The quantitative estimate of drug-likeness (QED) is 0.616. The Hall–Kier alpha value is -1.59. The molecule has 0 aliphatic heterocycles. The van der Waals surface area contributed by atoms with Gasteiger partial charge in [0.1, 0.15) is 10.6 Å². The van der Waals surface area contributed by atoms with E-state index in [1.54, 1.807) is 14.0 Å². The zero-order chi connectivity index (χ0) is 13.0. The maximum Gasteiger partial charge on any atom is 0.348 e. The fraction of sp³-hybridized carbons (Fsp3) is 0.308. The molecule has 2 rings (SSSR count). The average molecular weight is 266 g/mol. The van der Waals surface area contributed by atoms with Crippen molar-refractivity contribution in [2.24, 2.45) is 0 Å². The smallest absolute Gasteiger partial charge is 0.348 e. The van der Waals surface area contributed by atoms with Crippen LogP contribution in [-0.2, 0) is 9.47 Å². The van der Waals surface area contributed by atoms with Gasteiger partial charge in [0.05, 0.1) is 6.61 Å². The van der Waals surface area contributed by atoms with Crippen molar-refractivity contribution in [2.45, 2.75) is 6.92 Å². The molecular weight excluding hydrogens is 252 g/mol. The number of carbonyl (C=O) groups excluding carboxylic acids is 1. The fourth-order valence-corrected chi connectivity index (χ4v) is 2.48. The number of rotatable bonds is 5. The van der Waals surface area contributed by atoms with Crippen molar-refractivity contribution in [3.05, 3.63) is 29.1 Å². The van der Waals surface area contributed by atoms with Gasteiger partial charge in [0.25, 0.3) is 0 Å². The standard InChI is InChI=1S/C13H14O4S/c1-3-16-13(14)12-7-9-6-10(17-8-15-2)4-5-11(9)18-12/h4-7H,3,8H2,1-2H3. The summed E-state index contributed by atoms with van der Waals surface area (Å²) in [5, 5.41) is 0.969. The highest BCUT2D eigenvalue weighted by atomic mass is 32.1. The maximum atomic E-state index is 11.6. The molecule has 1 aromatic heterocycles. The lowest BCUT2D eigenvalue weighted by molar-refractivity contribution is 0.0511.